The lowest BCUT2D eigenvalue weighted by molar-refractivity contribution is -0.137. The molecule has 3 N–H and O–H groups in total. The van der Waals surface area contributed by atoms with Crippen molar-refractivity contribution in [2.24, 2.45) is 5.73 Å². The molecule has 0 radical (unpaired) electrons. The molecule has 1 saturated heterocycles. The summed E-state index contributed by atoms with van der Waals surface area (Å²) in [5.74, 6) is 0. The maximum atomic E-state index is 12.4. The maximum Gasteiger partial charge on any atom is 0.416 e. The van der Waals surface area contributed by atoms with Crippen molar-refractivity contribution in [1.82, 2.24) is 5.32 Å². The van der Waals surface area contributed by atoms with Gasteiger partial charge in [-0.3, -0.25) is 0 Å². The molecule has 0 amide bonds. The van der Waals surface area contributed by atoms with Crippen molar-refractivity contribution in [2.45, 2.75) is 11.7 Å². The van der Waals surface area contributed by atoms with Gasteiger partial charge in [0.1, 0.15) is 0 Å². The second kappa shape index (κ2) is 3.61. The predicted octanol–water partition coefficient (Wildman–Crippen LogP) is 2.12. The van der Waals surface area contributed by atoms with Crippen LogP contribution in [0.4, 0.5) is 13.2 Å². The zero-order valence-corrected chi connectivity index (χ0v) is 8.99. The average molecular weight is 251 g/mol. The van der Waals surface area contributed by atoms with Crippen molar-refractivity contribution < 1.29 is 13.2 Å². The molecule has 1 aliphatic rings. The zero-order valence-electron chi connectivity index (χ0n) is 8.24. The minimum atomic E-state index is -4.37. The van der Waals surface area contributed by atoms with E-state index in [1.807, 2.05) is 0 Å². The summed E-state index contributed by atoms with van der Waals surface area (Å²) in [5.41, 5.74) is 5.12. The Morgan fingerprint density at radius 2 is 1.94 bits per heavy atom. The Labute approximate surface area is 95.6 Å². The van der Waals surface area contributed by atoms with E-state index in [1.54, 1.807) is 0 Å². The molecule has 0 saturated carbocycles. The number of benzene rings is 1. The third kappa shape index (κ3) is 1.90. The molecule has 0 aliphatic carbocycles. The number of halogens is 4. The Hall–Kier alpha value is -0.780. The van der Waals surface area contributed by atoms with Crippen molar-refractivity contribution >= 4 is 11.6 Å². The normalized spacial score (nSPS) is 19.3. The highest BCUT2D eigenvalue weighted by Crippen LogP contribution is 2.35. The number of rotatable bonds is 1. The van der Waals surface area contributed by atoms with Gasteiger partial charge in [-0.2, -0.15) is 13.2 Å². The lowest BCUT2D eigenvalue weighted by atomic mass is 9.85. The van der Waals surface area contributed by atoms with Crippen LogP contribution in [0.3, 0.4) is 0 Å². The van der Waals surface area contributed by atoms with E-state index < -0.39 is 17.3 Å². The highest BCUT2D eigenvalue weighted by Gasteiger charge is 2.37. The van der Waals surface area contributed by atoms with Crippen LogP contribution in [0, 0.1) is 0 Å². The van der Waals surface area contributed by atoms with Crippen LogP contribution >= 0.6 is 11.6 Å². The highest BCUT2D eigenvalue weighted by molar-refractivity contribution is 6.31. The van der Waals surface area contributed by atoms with Gasteiger partial charge in [0.05, 0.1) is 11.1 Å². The molecule has 88 valence electrons. The summed E-state index contributed by atoms with van der Waals surface area (Å²) in [7, 11) is 0. The number of hydrogen-bond acceptors (Lipinski definition) is 2. The molecule has 0 atom stereocenters. The van der Waals surface area contributed by atoms with Crippen molar-refractivity contribution in [3.05, 3.63) is 34.3 Å². The Kier molecular flexibility index (Phi) is 2.64. The van der Waals surface area contributed by atoms with Crippen LogP contribution in [0.5, 0.6) is 0 Å². The van der Waals surface area contributed by atoms with E-state index in [9.17, 15) is 13.2 Å². The van der Waals surface area contributed by atoms with E-state index in [1.165, 1.54) is 6.07 Å². The van der Waals surface area contributed by atoms with Crippen LogP contribution in [0.1, 0.15) is 11.1 Å². The van der Waals surface area contributed by atoms with E-state index in [-0.39, 0.29) is 5.02 Å². The molecule has 2 rings (SSSR count). The largest absolute Gasteiger partial charge is 0.416 e. The molecule has 16 heavy (non-hydrogen) atoms. The fourth-order valence-electron chi connectivity index (χ4n) is 1.68. The van der Waals surface area contributed by atoms with Crippen molar-refractivity contribution in [3.63, 3.8) is 0 Å². The molecular weight excluding hydrogens is 241 g/mol. The van der Waals surface area contributed by atoms with Crippen LogP contribution < -0.4 is 11.1 Å². The van der Waals surface area contributed by atoms with Crippen LogP contribution in [-0.4, -0.2) is 13.1 Å². The summed E-state index contributed by atoms with van der Waals surface area (Å²) >= 11 is 5.82. The summed E-state index contributed by atoms with van der Waals surface area (Å²) in [6, 6.07) is 3.28. The molecule has 0 bridgehead atoms. The molecule has 1 aromatic carbocycles. The molecule has 1 heterocycles. The molecule has 0 spiro atoms. The zero-order chi connectivity index (χ0) is 12.0. The Morgan fingerprint density at radius 3 is 2.31 bits per heavy atom. The van der Waals surface area contributed by atoms with Gasteiger partial charge in [-0.15, -0.1) is 0 Å². The first kappa shape index (κ1) is 11.7. The van der Waals surface area contributed by atoms with Crippen LogP contribution in [0.15, 0.2) is 18.2 Å². The summed E-state index contributed by atoms with van der Waals surface area (Å²) < 4.78 is 37.2. The Bertz CT molecular complexity index is 413. The minimum Gasteiger partial charge on any atom is -0.319 e. The first-order valence-corrected chi connectivity index (χ1v) is 5.07. The van der Waals surface area contributed by atoms with Crippen molar-refractivity contribution in [2.75, 3.05) is 13.1 Å². The molecule has 0 aromatic heterocycles. The maximum absolute atomic E-state index is 12.4. The smallest absolute Gasteiger partial charge is 0.319 e. The molecule has 1 fully saturated rings. The van der Waals surface area contributed by atoms with Gasteiger partial charge in [-0.25, -0.2) is 0 Å². The molecule has 0 unspecified atom stereocenters. The van der Waals surface area contributed by atoms with Crippen LogP contribution in [0.25, 0.3) is 0 Å². The van der Waals surface area contributed by atoms with E-state index in [0.29, 0.717) is 18.7 Å². The lowest BCUT2D eigenvalue weighted by Crippen LogP contribution is -2.62. The third-order valence-corrected chi connectivity index (χ3v) is 3.03. The Morgan fingerprint density at radius 1 is 1.31 bits per heavy atom. The number of hydrogen-bond donors (Lipinski definition) is 2. The molecule has 1 aromatic rings. The van der Waals surface area contributed by atoms with Gasteiger partial charge in [0.2, 0.25) is 0 Å². The van der Waals surface area contributed by atoms with Crippen LogP contribution in [0.2, 0.25) is 5.02 Å². The van der Waals surface area contributed by atoms with Gasteiger partial charge >= 0.3 is 6.18 Å². The molecule has 2 nitrogen and oxygen atoms in total. The summed E-state index contributed by atoms with van der Waals surface area (Å²) in [4.78, 5) is 0. The monoisotopic (exact) mass is 250 g/mol. The molecular formula is C10H10ClF3N2. The number of nitrogens with one attached hydrogen (secondary N) is 1. The first-order chi connectivity index (χ1) is 7.33. The van der Waals surface area contributed by atoms with E-state index in [4.69, 9.17) is 17.3 Å². The van der Waals surface area contributed by atoms with Gasteiger partial charge in [0, 0.05) is 18.1 Å². The predicted molar refractivity (Wildman–Crippen MR) is 55.2 cm³/mol. The van der Waals surface area contributed by atoms with Gasteiger partial charge in [0.25, 0.3) is 0 Å². The third-order valence-electron chi connectivity index (χ3n) is 2.71. The fraction of sp³-hybridized carbons (Fsp3) is 0.400. The van der Waals surface area contributed by atoms with Gasteiger partial charge in [-0.1, -0.05) is 17.7 Å². The van der Waals surface area contributed by atoms with E-state index >= 15 is 0 Å². The van der Waals surface area contributed by atoms with E-state index in [0.717, 1.165) is 12.1 Å². The summed E-state index contributed by atoms with van der Waals surface area (Å²) in [6.07, 6.45) is -4.37. The quantitative estimate of drug-likeness (QED) is 0.801. The number of alkyl halides is 3. The van der Waals surface area contributed by atoms with Crippen LogP contribution in [-0.2, 0) is 11.7 Å². The Balaban J connectivity index is 2.37. The summed E-state index contributed by atoms with van der Waals surface area (Å²) in [5, 5.41) is 3.03. The fourth-order valence-corrected chi connectivity index (χ4v) is 2.05. The average Bonchev–Trinajstić information content (AvgIpc) is 2.12. The molecule has 1 aliphatic heterocycles. The standard InChI is InChI=1S/C10H10ClF3N2/c11-8-3-6(10(12,13)14)1-2-7(8)9(15)4-16-5-9/h1-3,16H,4-5,15H2. The highest BCUT2D eigenvalue weighted by atomic mass is 35.5. The van der Waals surface area contributed by atoms with Crippen molar-refractivity contribution in [3.8, 4) is 0 Å². The minimum absolute atomic E-state index is 0.0684. The van der Waals surface area contributed by atoms with Gasteiger partial charge < -0.3 is 11.1 Å². The first-order valence-electron chi connectivity index (χ1n) is 4.70. The summed E-state index contributed by atoms with van der Waals surface area (Å²) in [6.45, 7) is 1.05. The molecule has 6 heteroatoms. The number of nitrogens with two attached hydrogens (primary N) is 1. The second-order valence-corrected chi connectivity index (χ2v) is 4.36. The SMILES string of the molecule is NC1(c2ccc(C(F)(F)F)cc2Cl)CNC1. The topological polar surface area (TPSA) is 38.0 Å². The second-order valence-electron chi connectivity index (χ2n) is 3.95. The van der Waals surface area contributed by atoms with Gasteiger partial charge in [0.15, 0.2) is 0 Å². The van der Waals surface area contributed by atoms with Gasteiger partial charge in [-0.05, 0) is 17.7 Å². The van der Waals surface area contributed by atoms with E-state index in [2.05, 4.69) is 5.32 Å². The lowest BCUT2D eigenvalue weighted by Gasteiger charge is -2.40. The van der Waals surface area contributed by atoms with Crippen molar-refractivity contribution in [1.29, 1.82) is 0 Å².